The molecule has 19 heavy (non-hydrogen) atoms. The predicted octanol–water partition coefficient (Wildman–Crippen LogP) is 0.507. The largest absolute Gasteiger partial charge is 0.244 e. The molecule has 0 bridgehead atoms. The van der Waals surface area contributed by atoms with Crippen LogP contribution in [0, 0.1) is 0 Å². The maximum absolute atomic E-state index is 12.5. The van der Waals surface area contributed by atoms with E-state index in [9.17, 15) is 16.8 Å². The van der Waals surface area contributed by atoms with E-state index in [0.717, 1.165) is 12.8 Å². The zero-order chi connectivity index (χ0) is 14.3. The Morgan fingerprint density at radius 3 is 2.11 bits per heavy atom. The third-order valence-electron chi connectivity index (χ3n) is 3.01. The molecule has 0 amide bonds. The molecule has 8 heteroatoms. The molecule has 1 aliphatic rings. The molecule has 0 heterocycles. The maximum Gasteiger partial charge on any atom is 0.244 e. The number of sulfonamides is 2. The fraction of sp³-hybridized carbons (Fsp3) is 0.455. The minimum Gasteiger partial charge on any atom is -0.225 e. The second-order valence-electron chi connectivity index (χ2n) is 4.43. The first kappa shape index (κ1) is 14.4. The molecular formula is C11H16N2O4S2. The zero-order valence-electron chi connectivity index (χ0n) is 10.5. The number of hydrogen-bond donors (Lipinski definition) is 1. The number of primary sulfonamides is 1. The SMILES string of the molecule is CCN(C1CC1)S(=O)(=O)c1ccccc1S(N)(=O)=O. The highest BCUT2D eigenvalue weighted by atomic mass is 32.2. The highest BCUT2D eigenvalue weighted by Gasteiger charge is 2.38. The van der Waals surface area contributed by atoms with Crippen LogP contribution in [0.4, 0.5) is 0 Å². The van der Waals surface area contributed by atoms with Crippen LogP contribution in [-0.2, 0) is 20.0 Å². The fourth-order valence-corrected chi connectivity index (χ4v) is 5.06. The zero-order valence-corrected chi connectivity index (χ0v) is 12.1. The molecule has 2 N–H and O–H groups in total. The first-order valence-electron chi connectivity index (χ1n) is 5.92. The Morgan fingerprint density at radius 2 is 1.68 bits per heavy atom. The van der Waals surface area contributed by atoms with Gasteiger partial charge in [0.1, 0.15) is 9.79 Å². The summed E-state index contributed by atoms with van der Waals surface area (Å²) in [6.45, 7) is 2.04. The molecule has 1 aromatic carbocycles. The topological polar surface area (TPSA) is 97.5 Å². The number of rotatable bonds is 5. The van der Waals surface area contributed by atoms with E-state index in [2.05, 4.69) is 0 Å². The smallest absolute Gasteiger partial charge is 0.225 e. The van der Waals surface area contributed by atoms with Crippen molar-refractivity contribution in [2.24, 2.45) is 5.14 Å². The summed E-state index contributed by atoms with van der Waals surface area (Å²) in [4.78, 5) is -0.597. The van der Waals surface area contributed by atoms with Crippen LogP contribution in [0.2, 0.25) is 0 Å². The average molecular weight is 304 g/mol. The van der Waals surface area contributed by atoms with Crippen LogP contribution in [-0.4, -0.2) is 33.7 Å². The molecule has 1 saturated carbocycles. The van der Waals surface area contributed by atoms with E-state index >= 15 is 0 Å². The molecule has 0 spiro atoms. The highest BCUT2D eigenvalue weighted by molar-refractivity contribution is 7.92. The van der Waals surface area contributed by atoms with E-state index in [1.54, 1.807) is 6.92 Å². The van der Waals surface area contributed by atoms with Crippen molar-refractivity contribution >= 4 is 20.0 Å². The van der Waals surface area contributed by atoms with Crippen molar-refractivity contribution in [2.45, 2.75) is 35.6 Å². The molecule has 0 saturated heterocycles. The van der Waals surface area contributed by atoms with Crippen molar-refractivity contribution in [3.8, 4) is 0 Å². The van der Waals surface area contributed by atoms with Crippen LogP contribution in [0.25, 0.3) is 0 Å². The van der Waals surface area contributed by atoms with E-state index in [4.69, 9.17) is 5.14 Å². The summed E-state index contributed by atoms with van der Waals surface area (Å²) in [6.07, 6.45) is 1.62. The fourth-order valence-electron chi connectivity index (χ4n) is 2.01. The third kappa shape index (κ3) is 2.81. The van der Waals surface area contributed by atoms with Crippen LogP contribution >= 0.6 is 0 Å². The molecule has 1 aliphatic carbocycles. The Kier molecular flexibility index (Phi) is 3.69. The van der Waals surface area contributed by atoms with E-state index in [1.165, 1.54) is 28.6 Å². The molecule has 0 unspecified atom stereocenters. The quantitative estimate of drug-likeness (QED) is 0.856. The van der Waals surface area contributed by atoms with E-state index in [0.29, 0.717) is 6.54 Å². The molecule has 0 aromatic heterocycles. The van der Waals surface area contributed by atoms with Gasteiger partial charge in [0.25, 0.3) is 0 Å². The third-order valence-corrected chi connectivity index (χ3v) is 6.19. The van der Waals surface area contributed by atoms with Crippen molar-refractivity contribution in [3.05, 3.63) is 24.3 Å². The van der Waals surface area contributed by atoms with Crippen LogP contribution < -0.4 is 5.14 Å². The lowest BCUT2D eigenvalue weighted by atomic mass is 10.4. The van der Waals surface area contributed by atoms with Gasteiger partial charge in [-0.05, 0) is 25.0 Å². The van der Waals surface area contributed by atoms with Crippen LogP contribution in [0.3, 0.4) is 0 Å². The van der Waals surface area contributed by atoms with Crippen LogP contribution in [0.5, 0.6) is 0 Å². The van der Waals surface area contributed by atoms with Gasteiger partial charge in [0, 0.05) is 12.6 Å². The summed E-state index contributed by atoms with van der Waals surface area (Å²) < 4.78 is 49.4. The monoisotopic (exact) mass is 304 g/mol. The van der Waals surface area contributed by atoms with E-state index < -0.39 is 20.0 Å². The number of hydrogen-bond acceptors (Lipinski definition) is 4. The van der Waals surface area contributed by atoms with E-state index in [1.807, 2.05) is 0 Å². The minimum absolute atomic E-state index is 0.0245. The van der Waals surface area contributed by atoms with Gasteiger partial charge in [-0.1, -0.05) is 19.1 Å². The lowest BCUT2D eigenvalue weighted by Crippen LogP contribution is -2.34. The summed E-state index contributed by atoms with van der Waals surface area (Å²) in [5.74, 6) is 0. The van der Waals surface area contributed by atoms with Gasteiger partial charge in [0.05, 0.1) is 0 Å². The molecule has 6 nitrogen and oxygen atoms in total. The Bertz CT molecular complexity index is 678. The Hall–Kier alpha value is -0.960. The molecule has 1 fully saturated rings. The molecule has 2 rings (SSSR count). The van der Waals surface area contributed by atoms with E-state index in [-0.39, 0.29) is 15.8 Å². The number of benzene rings is 1. The molecule has 106 valence electrons. The standard InChI is InChI=1S/C11H16N2O4S2/c1-2-13(9-7-8-9)19(16,17)11-6-4-3-5-10(11)18(12,14)15/h3-6,9H,2,7-8H2,1H3,(H2,12,14,15). The molecular weight excluding hydrogens is 288 g/mol. The summed E-state index contributed by atoms with van der Waals surface area (Å²) in [5, 5.41) is 5.08. The molecule has 1 aromatic rings. The van der Waals surface area contributed by atoms with Crippen molar-refractivity contribution in [1.82, 2.24) is 4.31 Å². The Balaban J connectivity index is 2.58. The highest BCUT2D eigenvalue weighted by Crippen LogP contribution is 2.33. The summed E-state index contributed by atoms with van der Waals surface area (Å²) in [7, 11) is -7.90. The van der Waals surface area contributed by atoms with Gasteiger partial charge in [-0.3, -0.25) is 0 Å². The molecule has 0 atom stereocenters. The lowest BCUT2D eigenvalue weighted by molar-refractivity contribution is 0.419. The number of nitrogens with zero attached hydrogens (tertiary/aromatic N) is 1. The van der Waals surface area contributed by atoms with Crippen LogP contribution in [0.15, 0.2) is 34.1 Å². The second-order valence-corrected chi connectivity index (χ2v) is 7.82. The van der Waals surface area contributed by atoms with Gasteiger partial charge in [-0.25, -0.2) is 22.0 Å². The second kappa shape index (κ2) is 4.86. The average Bonchev–Trinajstić information content (AvgIpc) is 3.13. The van der Waals surface area contributed by atoms with Crippen molar-refractivity contribution in [3.63, 3.8) is 0 Å². The molecule has 0 aliphatic heterocycles. The van der Waals surface area contributed by atoms with Crippen LogP contribution in [0.1, 0.15) is 19.8 Å². The Morgan fingerprint density at radius 1 is 1.16 bits per heavy atom. The minimum atomic E-state index is -4.07. The van der Waals surface area contributed by atoms with Crippen molar-refractivity contribution in [1.29, 1.82) is 0 Å². The first-order chi connectivity index (χ1) is 8.78. The van der Waals surface area contributed by atoms with Gasteiger partial charge in [-0.2, -0.15) is 4.31 Å². The summed E-state index contributed by atoms with van der Waals surface area (Å²) in [6, 6.07) is 5.40. The maximum atomic E-state index is 12.5. The van der Waals surface area contributed by atoms with Gasteiger partial charge in [0.2, 0.25) is 20.0 Å². The summed E-state index contributed by atoms with van der Waals surface area (Å²) in [5.41, 5.74) is 0. The number of nitrogens with two attached hydrogens (primary N) is 1. The lowest BCUT2D eigenvalue weighted by Gasteiger charge is -2.21. The van der Waals surface area contributed by atoms with Gasteiger partial charge >= 0.3 is 0 Å². The van der Waals surface area contributed by atoms with Gasteiger partial charge in [-0.15, -0.1) is 0 Å². The Labute approximate surface area is 113 Å². The normalized spacial score (nSPS) is 16.8. The van der Waals surface area contributed by atoms with Gasteiger partial charge < -0.3 is 0 Å². The van der Waals surface area contributed by atoms with Gasteiger partial charge in [0.15, 0.2) is 0 Å². The van der Waals surface area contributed by atoms with Crippen molar-refractivity contribution in [2.75, 3.05) is 6.54 Å². The predicted molar refractivity (Wildman–Crippen MR) is 70.4 cm³/mol. The first-order valence-corrected chi connectivity index (χ1v) is 8.90. The molecule has 0 radical (unpaired) electrons. The summed E-state index contributed by atoms with van der Waals surface area (Å²) >= 11 is 0. The van der Waals surface area contributed by atoms with Crippen molar-refractivity contribution < 1.29 is 16.8 Å².